The van der Waals surface area contributed by atoms with E-state index in [1.165, 1.54) is 34.5 Å². The zero-order valence-electron chi connectivity index (χ0n) is 17.0. The second-order valence-corrected chi connectivity index (χ2v) is 8.70. The maximum Gasteiger partial charge on any atom is 0.416 e. The number of rotatable bonds is 5. The number of anilines is 2. The van der Waals surface area contributed by atoms with Crippen LogP contribution in [0, 0.1) is 6.92 Å². The van der Waals surface area contributed by atoms with Crippen LogP contribution in [0.2, 0.25) is 0 Å². The van der Waals surface area contributed by atoms with Gasteiger partial charge in [0.1, 0.15) is 11.5 Å². The first kappa shape index (κ1) is 23.7. The van der Waals surface area contributed by atoms with Crippen LogP contribution in [-0.4, -0.2) is 39.8 Å². The van der Waals surface area contributed by atoms with Crippen LogP contribution >= 0.6 is 33.9 Å². The molecule has 0 saturated carbocycles. The van der Waals surface area contributed by atoms with E-state index in [4.69, 9.17) is 0 Å². The SMILES string of the molecule is Cc1ncc(C(=O)Nc2cc(C(F)(F)F)ccn2)cc1-n1cc(-c2cnc(NC(=O)I)s2)nn1. The smallest absolute Gasteiger partial charge is 0.307 e. The van der Waals surface area contributed by atoms with Gasteiger partial charge in [-0.3, -0.25) is 19.9 Å². The van der Waals surface area contributed by atoms with E-state index in [1.54, 1.807) is 35.7 Å². The summed E-state index contributed by atoms with van der Waals surface area (Å²) in [6.07, 6.45) is 0.833. The van der Waals surface area contributed by atoms with E-state index in [9.17, 15) is 22.8 Å². The monoisotopic (exact) mass is 600 g/mol. The average Bonchev–Trinajstić information content (AvgIpc) is 3.43. The van der Waals surface area contributed by atoms with Crippen molar-refractivity contribution in [3.8, 4) is 16.3 Å². The van der Waals surface area contributed by atoms with Gasteiger partial charge in [0, 0.05) is 41.2 Å². The third-order valence-corrected chi connectivity index (χ3v) is 5.56. The van der Waals surface area contributed by atoms with E-state index in [2.05, 4.69) is 35.9 Å². The zero-order chi connectivity index (χ0) is 24.5. The first-order chi connectivity index (χ1) is 16.1. The summed E-state index contributed by atoms with van der Waals surface area (Å²) in [7, 11) is 0. The lowest BCUT2D eigenvalue weighted by molar-refractivity contribution is -0.137. The number of hydrogen-bond donors (Lipinski definition) is 2. The normalized spacial score (nSPS) is 11.3. The van der Waals surface area contributed by atoms with Gasteiger partial charge in [0.25, 0.3) is 9.82 Å². The van der Waals surface area contributed by atoms with Crippen LogP contribution in [0.4, 0.5) is 28.9 Å². The van der Waals surface area contributed by atoms with Gasteiger partial charge in [0.15, 0.2) is 5.13 Å². The molecule has 0 fully saturated rings. The molecule has 174 valence electrons. The standard InChI is InChI=1S/C19H12F3IN8O2S/c1-9-13(31-8-12(29-30-31)14-7-26-18(34-14)28-17(23)33)4-10(6-25-9)16(32)27-15-5-11(2-3-24-15)19(20,21)22/h2-8H,1H3,(H,24,27,32)(H,26,28,33). The summed E-state index contributed by atoms with van der Waals surface area (Å²) in [5, 5.41) is 13.5. The lowest BCUT2D eigenvalue weighted by Gasteiger charge is -2.10. The minimum absolute atomic E-state index is 0.0849. The molecule has 0 spiro atoms. The molecule has 0 aliphatic heterocycles. The highest BCUT2D eigenvalue weighted by Gasteiger charge is 2.31. The Hall–Kier alpha value is -3.47. The Morgan fingerprint density at radius 1 is 1.12 bits per heavy atom. The predicted molar refractivity (Wildman–Crippen MR) is 125 cm³/mol. The number of aryl methyl sites for hydroxylation is 1. The van der Waals surface area contributed by atoms with Crippen molar-refractivity contribution in [2.24, 2.45) is 0 Å². The molecule has 4 aromatic heterocycles. The number of pyridine rings is 2. The molecule has 2 N–H and O–H groups in total. The third-order valence-electron chi connectivity index (χ3n) is 4.35. The molecule has 2 amide bonds. The predicted octanol–water partition coefficient (Wildman–Crippen LogP) is 4.73. The van der Waals surface area contributed by atoms with E-state index in [0.717, 1.165) is 18.3 Å². The summed E-state index contributed by atoms with van der Waals surface area (Å²) in [6, 6.07) is 3.04. The topological polar surface area (TPSA) is 128 Å². The van der Waals surface area contributed by atoms with Crippen molar-refractivity contribution in [2.75, 3.05) is 10.6 Å². The summed E-state index contributed by atoms with van der Waals surface area (Å²) >= 11 is 2.80. The molecule has 34 heavy (non-hydrogen) atoms. The molecular formula is C19H12F3IN8O2S. The lowest BCUT2D eigenvalue weighted by atomic mass is 10.2. The average molecular weight is 600 g/mol. The molecule has 0 aliphatic carbocycles. The third kappa shape index (κ3) is 5.36. The van der Waals surface area contributed by atoms with Crippen molar-refractivity contribution in [1.29, 1.82) is 0 Å². The van der Waals surface area contributed by atoms with E-state index >= 15 is 0 Å². The van der Waals surface area contributed by atoms with Gasteiger partial charge in [0.2, 0.25) is 0 Å². The Kier molecular flexibility index (Phi) is 6.56. The highest BCUT2D eigenvalue weighted by atomic mass is 127. The molecule has 0 radical (unpaired) electrons. The quantitative estimate of drug-likeness (QED) is 0.193. The molecule has 4 heterocycles. The van der Waals surface area contributed by atoms with Crippen molar-refractivity contribution in [3.63, 3.8) is 0 Å². The highest BCUT2D eigenvalue weighted by Crippen LogP contribution is 2.30. The molecule has 0 unspecified atom stereocenters. The van der Waals surface area contributed by atoms with Gasteiger partial charge < -0.3 is 5.32 Å². The number of amides is 2. The molecule has 15 heteroatoms. The van der Waals surface area contributed by atoms with Gasteiger partial charge in [-0.1, -0.05) is 16.6 Å². The van der Waals surface area contributed by atoms with Gasteiger partial charge in [-0.2, -0.15) is 13.2 Å². The van der Waals surface area contributed by atoms with Gasteiger partial charge in [-0.25, -0.2) is 14.6 Å². The minimum Gasteiger partial charge on any atom is -0.307 e. The summed E-state index contributed by atoms with van der Waals surface area (Å²) in [4.78, 5) is 36.5. The van der Waals surface area contributed by atoms with E-state index in [0.29, 0.717) is 27.1 Å². The Balaban J connectivity index is 1.57. The van der Waals surface area contributed by atoms with Gasteiger partial charge in [-0.05, 0) is 25.1 Å². The van der Waals surface area contributed by atoms with Crippen LogP contribution in [0.3, 0.4) is 0 Å². The number of carbonyl (C=O) groups is 2. The van der Waals surface area contributed by atoms with Gasteiger partial charge >= 0.3 is 6.18 Å². The minimum atomic E-state index is -4.56. The molecule has 10 nitrogen and oxygen atoms in total. The fourth-order valence-corrected chi connectivity index (χ4v) is 3.97. The molecule has 0 bridgehead atoms. The van der Waals surface area contributed by atoms with Crippen LogP contribution in [0.5, 0.6) is 0 Å². The number of nitrogens with one attached hydrogen (secondary N) is 2. The molecule has 0 atom stereocenters. The van der Waals surface area contributed by atoms with Gasteiger partial charge in [0.05, 0.1) is 33.6 Å². The van der Waals surface area contributed by atoms with E-state index in [1.807, 2.05) is 0 Å². The summed E-state index contributed by atoms with van der Waals surface area (Å²) in [5.74, 6) is -0.938. The second-order valence-electron chi connectivity index (χ2n) is 6.69. The van der Waals surface area contributed by atoms with E-state index in [-0.39, 0.29) is 15.3 Å². The zero-order valence-corrected chi connectivity index (χ0v) is 19.9. The molecule has 4 aromatic rings. The van der Waals surface area contributed by atoms with Crippen LogP contribution in [0.1, 0.15) is 21.6 Å². The Bertz CT molecular complexity index is 1390. The van der Waals surface area contributed by atoms with E-state index < -0.39 is 17.6 Å². The first-order valence-electron chi connectivity index (χ1n) is 9.27. The number of thiazole rings is 1. The molecular weight excluding hydrogens is 588 g/mol. The Morgan fingerprint density at radius 3 is 2.65 bits per heavy atom. The molecule has 0 aliphatic rings. The highest BCUT2D eigenvalue weighted by molar-refractivity contribution is 14.1. The number of carbonyl (C=O) groups excluding carboxylic acids is 2. The van der Waals surface area contributed by atoms with Crippen LogP contribution in [0.25, 0.3) is 16.3 Å². The van der Waals surface area contributed by atoms with Crippen LogP contribution < -0.4 is 10.6 Å². The number of aromatic nitrogens is 6. The number of alkyl halides is 3. The lowest BCUT2D eigenvalue weighted by Crippen LogP contribution is -2.15. The summed E-state index contributed by atoms with van der Waals surface area (Å²) in [6.45, 7) is 1.70. The number of halogens is 4. The largest absolute Gasteiger partial charge is 0.416 e. The Morgan fingerprint density at radius 2 is 1.91 bits per heavy atom. The van der Waals surface area contributed by atoms with Gasteiger partial charge in [-0.15, -0.1) is 5.10 Å². The maximum absolute atomic E-state index is 12.9. The summed E-state index contributed by atoms with van der Waals surface area (Å²) in [5.41, 5.74) is 0.608. The van der Waals surface area contributed by atoms with Crippen molar-refractivity contribution < 1.29 is 22.8 Å². The van der Waals surface area contributed by atoms with Crippen molar-refractivity contribution in [3.05, 3.63) is 59.8 Å². The van der Waals surface area contributed by atoms with Crippen molar-refractivity contribution in [2.45, 2.75) is 13.1 Å². The summed E-state index contributed by atoms with van der Waals surface area (Å²) < 4.78 is 39.9. The molecule has 4 rings (SSSR count). The maximum atomic E-state index is 12.9. The fourth-order valence-electron chi connectivity index (χ4n) is 2.77. The van der Waals surface area contributed by atoms with Crippen molar-refractivity contribution in [1.82, 2.24) is 29.9 Å². The van der Waals surface area contributed by atoms with Crippen LogP contribution in [0.15, 0.2) is 43.0 Å². The fraction of sp³-hybridized carbons (Fsp3) is 0.105. The first-order valence-corrected chi connectivity index (χ1v) is 11.2. The van der Waals surface area contributed by atoms with Crippen molar-refractivity contribution >= 4 is 54.7 Å². The molecule has 0 aromatic carbocycles. The van der Waals surface area contributed by atoms with Crippen LogP contribution in [-0.2, 0) is 6.18 Å². The number of hydrogen-bond acceptors (Lipinski definition) is 8. The molecule has 0 saturated heterocycles. The second kappa shape index (κ2) is 9.41. The Labute approximate surface area is 206 Å². The number of nitrogens with zero attached hydrogens (tertiary/aromatic N) is 6.